The van der Waals surface area contributed by atoms with Crippen molar-refractivity contribution in [1.82, 2.24) is 14.1 Å². The minimum absolute atomic E-state index is 0.197. The van der Waals surface area contributed by atoms with Crippen molar-refractivity contribution in [1.29, 1.82) is 0 Å². The van der Waals surface area contributed by atoms with Crippen LogP contribution in [0.4, 0.5) is 0 Å². The highest BCUT2D eigenvalue weighted by molar-refractivity contribution is 7.89. The quantitative estimate of drug-likeness (QED) is 0.721. The lowest BCUT2D eigenvalue weighted by Crippen LogP contribution is -2.50. The van der Waals surface area contributed by atoms with E-state index in [0.29, 0.717) is 24.9 Å². The summed E-state index contributed by atoms with van der Waals surface area (Å²) < 4.78 is 32.0. The van der Waals surface area contributed by atoms with E-state index >= 15 is 0 Å². The summed E-state index contributed by atoms with van der Waals surface area (Å²) in [5, 5.41) is 0. The van der Waals surface area contributed by atoms with Crippen LogP contribution in [-0.4, -0.2) is 93.8 Å². The largest absolute Gasteiger partial charge is 0.376 e. The van der Waals surface area contributed by atoms with E-state index in [4.69, 9.17) is 4.74 Å². The summed E-state index contributed by atoms with van der Waals surface area (Å²) >= 11 is 0. The van der Waals surface area contributed by atoms with E-state index in [-0.39, 0.29) is 11.9 Å². The van der Waals surface area contributed by atoms with Gasteiger partial charge in [-0.2, -0.15) is 0 Å². The molecule has 0 spiro atoms. The second kappa shape index (κ2) is 6.73. The van der Waals surface area contributed by atoms with Crippen molar-refractivity contribution >= 4 is 10.0 Å². The van der Waals surface area contributed by atoms with Crippen molar-refractivity contribution in [2.24, 2.45) is 11.8 Å². The third kappa shape index (κ3) is 3.48. The number of sulfonamides is 1. The maximum atomic E-state index is 12.1. The van der Waals surface area contributed by atoms with Gasteiger partial charge in [0.05, 0.1) is 18.5 Å². The molecule has 3 atom stereocenters. The Bertz CT molecular complexity index is 476. The molecule has 0 aromatic heterocycles. The molecular weight excluding hydrogens is 302 g/mol. The van der Waals surface area contributed by atoms with Gasteiger partial charge in [0.25, 0.3) is 0 Å². The second-order valence-electron chi connectivity index (χ2n) is 6.95. The Labute approximate surface area is 134 Å². The molecule has 3 saturated heterocycles. The highest BCUT2D eigenvalue weighted by Crippen LogP contribution is 2.35. The van der Waals surface area contributed by atoms with Crippen LogP contribution in [-0.2, 0) is 14.8 Å². The molecule has 0 amide bonds. The SMILES string of the molecule is CCS(=O)(=O)N1CC[C@H]2CO[C@H](CN3CCN(C)CC3)[C@H]2C1. The molecule has 0 N–H and O–H groups in total. The van der Waals surface area contributed by atoms with Gasteiger partial charge < -0.3 is 9.64 Å². The van der Waals surface area contributed by atoms with Gasteiger partial charge in [0, 0.05) is 51.7 Å². The molecular formula is C15H29N3O3S. The fraction of sp³-hybridized carbons (Fsp3) is 1.00. The van der Waals surface area contributed by atoms with Crippen molar-refractivity contribution < 1.29 is 13.2 Å². The van der Waals surface area contributed by atoms with Crippen LogP contribution in [0.5, 0.6) is 0 Å². The average molecular weight is 331 g/mol. The molecule has 0 radical (unpaired) electrons. The van der Waals surface area contributed by atoms with Crippen LogP contribution < -0.4 is 0 Å². The number of piperazine rings is 1. The lowest BCUT2D eigenvalue weighted by Gasteiger charge is -2.38. The summed E-state index contributed by atoms with van der Waals surface area (Å²) in [5.41, 5.74) is 0. The van der Waals surface area contributed by atoms with Gasteiger partial charge in [0.15, 0.2) is 0 Å². The molecule has 0 saturated carbocycles. The summed E-state index contributed by atoms with van der Waals surface area (Å²) in [6, 6.07) is 0. The van der Waals surface area contributed by atoms with Gasteiger partial charge >= 0.3 is 0 Å². The first-order valence-corrected chi connectivity index (χ1v) is 10.1. The van der Waals surface area contributed by atoms with Crippen LogP contribution in [0.15, 0.2) is 0 Å². The van der Waals surface area contributed by atoms with Crippen LogP contribution in [0.1, 0.15) is 13.3 Å². The van der Waals surface area contributed by atoms with E-state index in [1.807, 2.05) is 0 Å². The van der Waals surface area contributed by atoms with Crippen molar-refractivity contribution in [3.63, 3.8) is 0 Å². The lowest BCUT2D eigenvalue weighted by atomic mass is 9.85. The molecule has 3 rings (SSSR count). The average Bonchev–Trinajstić information content (AvgIpc) is 2.92. The molecule has 7 heteroatoms. The molecule has 0 unspecified atom stereocenters. The minimum Gasteiger partial charge on any atom is -0.376 e. The maximum Gasteiger partial charge on any atom is 0.213 e. The first-order valence-electron chi connectivity index (χ1n) is 8.50. The number of hydrogen-bond acceptors (Lipinski definition) is 5. The molecule has 0 aromatic rings. The van der Waals surface area contributed by atoms with E-state index in [1.54, 1.807) is 11.2 Å². The molecule has 6 nitrogen and oxygen atoms in total. The number of nitrogens with zero attached hydrogens (tertiary/aromatic N) is 3. The van der Waals surface area contributed by atoms with Crippen molar-refractivity contribution in [2.75, 3.05) is 65.2 Å². The third-order valence-corrected chi connectivity index (χ3v) is 7.41. The van der Waals surface area contributed by atoms with Gasteiger partial charge in [0.2, 0.25) is 10.0 Å². The summed E-state index contributed by atoms with van der Waals surface area (Å²) in [7, 11) is -0.905. The van der Waals surface area contributed by atoms with E-state index in [9.17, 15) is 8.42 Å². The zero-order valence-corrected chi connectivity index (χ0v) is 14.6. The van der Waals surface area contributed by atoms with Crippen molar-refractivity contribution in [3.05, 3.63) is 0 Å². The Morgan fingerprint density at radius 2 is 1.86 bits per heavy atom. The smallest absolute Gasteiger partial charge is 0.213 e. The number of fused-ring (bicyclic) bond motifs is 1. The monoisotopic (exact) mass is 331 g/mol. The fourth-order valence-electron chi connectivity index (χ4n) is 3.91. The second-order valence-corrected chi connectivity index (χ2v) is 9.20. The Hall–Kier alpha value is -0.210. The lowest BCUT2D eigenvalue weighted by molar-refractivity contribution is 0.0360. The van der Waals surface area contributed by atoms with Crippen LogP contribution >= 0.6 is 0 Å². The number of hydrogen-bond donors (Lipinski definition) is 0. The maximum absolute atomic E-state index is 12.1. The van der Waals surface area contributed by atoms with Crippen LogP contribution in [0.25, 0.3) is 0 Å². The van der Waals surface area contributed by atoms with Crippen molar-refractivity contribution in [2.45, 2.75) is 19.4 Å². The van der Waals surface area contributed by atoms with E-state index < -0.39 is 10.0 Å². The Morgan fingerprint density at radius 3 is 2.55 bits per heavy atom. The molecule has 3 heterocycles. The van der Waals surface area contributed by atoms with Crippen LogP contribution in [0.2, 0.25) is 0 Å². The first kappa shape index (κ1) is 16.6. The molecule has 3 aliphatic heterocycles. The summed E-state index contributed by atoms with van der Waals surface area (Å²) in [6.07, 6.45) is 1.15. The standard InChI is InChI=1S/C15H29N3O3S/c1-3-22(19,20)18-5-4-13-12-21-15(14(13)10-18)11-17-8-6-16(2)7-9-17/h13-15H,3-12H2,1-2H3/t13-,14-,15+/m0/s1. The van der Waals surface area contributed by atoms with Gasteiger partial charge in [-0.3, -0.25) is 4.90 Å². The van der Waals surface area contributed by atoms with Gasteiger partial charge in [-0.1, -0.05) is 0 Å². The number of rotatable bonds is 4. The van der Waals surface area contributed by atoms with E-state index in [0.717, 1.165) is 45.8 Å². The predicted molar refractivity (Wildman–Crippen MR) is 86.3 cm³/mol. The zero-order chi connectivity index (χ0) is 15.7. The zero-order valence-electron chi connectivity index (χ0n) is 13.8. The summed E-state index contributed by atoms with van der Waals surface area (Å²) in [6.45, 7) is 9.21. The molecule has 0 aliphatic carbocycles. The molecule has 0 bridgehead atoms. The normalized spacial score (nSPS) is 35.6. The number of likely N-dealkylation sites (N-methyl/N-ethyl adjacent to an activating group) is 1. The molecule has 128 valence electrons. The first-order chi connectivity index (χ1) is 10.5. The fourth-order valence-corrected chi connectivity index (χ4v) is 5.05. The molecule has 22 heavy (non-hydrogen) atoms. The van der Waals surface area contributed by atoms with E-state index in [1.165, 1.54) is 0 Å². The topological polar surface area (TPSA) is 53.1 Å². The number of piperidine rings is 1. The third-order valence-electron chi connectivity index (χ3n) is 5.56. The van der Waals surface area contributed by atoms with Crippen LogP contribution in [0, 0.1) is 11.8 Å². The van der Waals surface area contributed by atoms with Crippen LogP contribution in [0.3, 0.4) is 0 Å². The van der Waals surface area contributed by atoms with Gasteiger partial charge in [0.1, 0.15) is 0 Å². The van der Waals surface area contributed by atoms with Gasteiger partial charge in [-0.15, -0.1) is 0 Å². The number of ether oxygens (including phenoxy) is 1. The summed E-state index contributed by atoms with van der Waals surface area (Å²) in [4.78, 5) is 4.82. The van der Waals surface area contributed by atoms with Gasteiger partial charge in [-0.25, -0.2) is 12.7 Å². The highest BCUT2D eigenvalue weighted by Gasteiger charge is 2.43. The van der Waals surface area contributed by atoms with Gasteiger partial charge in [-0.05, 0) is 26.3 Å². The minimum atomic E-state index is -3.07. The van der Waals surface area contributed by atoms with E-state index in [2.05, 4.69) is 16.8 Å². The molecule has 3 fully saturated rings. The van der Waals surface area contributed by atoms with Crippen molar-refractivity contribution in [3.8, 4) is 0 Å². The molecule has 3 aliphatic rings. The summed E-state index contributed by atoms with van der Waals surface area (Å²) in [5.74, 6) is 1.12. The highest BCUT2D eigenvalue weighted by atomic mass is 32.2. The Kier molecular flexibility index (Phi) is 5.09. The Morgan fingerprint density at radius 1 is 1.14 bits per heavy atom. The Balaban J connectivity index is 1.60. The predicted octanol–water partition coefficient (Wildman–Crippen LogP) is -0.0796. The molecule has 0 aromatic carbocycles.